The summed E-state index contributed by atoms with van der Waals surface area (Å²) in [5.74, 6) is -0.692. The van der Waals surface area contributed by atoms with Gasteiger partial charge in [0.05, 0.1) is 10.6 Å². The molecule has 3 N–H and O–H groups in total. The third kappa shape index (κ3) is 5.81. The molecule has 5 nitrogen and oxygen atoms in total. The Hall–Kier alpha value is -1.47. The van der Waals surface area contributed by atoms with Crippen LogP contribution >= 0.6 is 0 Å². The molecule has 0 saturated carbocycles. The van der Waals surface area contributed by atoms with Crippen LogP contribution in [0.1, 0.15) is 26.2 Å². The molecule has 1 amide bonds. The molecule has 0 aliphatic carbocycles. The van der Waals surface area contributed by atoms with Gasteiger partial charge in [-0.2, -0.15) is 0 Å². The highest BCUT2D eigenvalue weighted by Gasteiger charge is 2.13. The van der Waals surface area contributed by atoms with E-state index in [0.29, 0.717) is 18.9 Å². The maximum Gasteiger partial charge on any atom is 0.224 e. The lowest BCUT2D eigenvalue weighted by Crippen LogP contribution is -2.15. The van der Waals surface area contributed by atoms with Crippen molar-refractivity contribution in [2.75, 3.05) is 18.1 Å². The number of halogens is 1. The van der Waals surface area contributed by atoms with Gasteiger partial charge in [-0.05, 0) is 43.5 Å². The molecule has 0 bridgehead atoms. The third-order valence-electron chi connectivity index (χ3n) is 3.16. The Labute approximate surface area is 124 Å². The van der Waals surface area contributed by atoms with Crippen LogP contribution in [0.3, 0.4) is 0 Å². The number of rotatable bonds is 7. The summed E-state index contributed by atoms with van der Waals surface area (Å²) in [5, 5.41) is 2.41. The second-order valence-electron chi connectivity index (χ2n) is 5.18. The Balaban J connectivity index is 2.72. The SMILES string of the molecule is CC(CCN)CCC(=O)Nc1cc(S(C)(=O)=O)ccc1F. The van der Waals surface area contributed by atoms with Gasteiger partial charge < -0.3 is 11.1 Å². The van der Waals surface area contributed by atoms with E-state index in [0.717, 1.165) is 24.8 Å². The fourth-order valence-corrected chi connectivity index (χ4v) is 2.50. The molecule has 0 aliphatic rings. The normalized spacial score (nSPS) is 13.0. The molecule has 0 aliphatic heterocycles. The van der Waals surface area contributed by atoms with Gasteiger partial charge in [-0.3, -0.25) is 4.79 Å². The van der Waals surface area contributed by atoms with Crippen molar-refractivity contribution >= 4 is 21.4 Å². The van der Waals surface area contributed by atoms with E-state index in [2.05, 4.69) is 5.32 Å². The molecule has 0 fully saturated rings. The number of sulfone groups is 1. The van der Waals surface area contributed by atoms with Crippen molar-refractivity contribution in [3.05, 3.63) is 24.0 Å². The molecule has 1 aromatic carbocycles. The number of hydrogen-bond donors (Lipinski definition) is 2. The highest BCUT2D eigenvalue weighted by Crippen LogP contribution is 2.20. The number of amides is 1. The monoisotopic (exact) mass is 316 g/mol. The molecule has 1 rings (SSSR count). The van der Waals surface area contributed by atoms with Crippen LogP contribution in [0.25, 0.3) is 0 Å². The first-order valence-electron chi connectivity index (χ1n) is 6.73. The first kappa shape index (κ1) is 17.6. The molecular weight excluding hydrogens is 295 g/mol. The number of anilines is 1. The van der Waals surface area contributed by atoms with Gasteiger partial charge in [0.25, 0.3) is 0 Å². The van der Waals surface area contributed by atoms with Crippen molar-refractivity contribution < 1.29 is 17.6 Å². The summed E-state index contributed by atoms with van der Waals surface area (Å²) >= 11 is 0. The topological polar surface area (TPSA) is 89.3 Å². The smallest absolute Gasteiger partial charge is 0.224 e. The average molecular weight is 316 g/mol. The molecule has 0 saturated heterocycles. The first-order chi connectivity index (χ1) is 9.74. The van der Waals surface area contributed by atoms with Gasteiger partial charge >= 0.3 is 0 Å². The summed E-state index contributed by atoms with van der Waals surface area (Å²) in [4.78, 5) is 11.7. The number of benzene rings is 1. The van der Waals surface area contributed by atoms with Gasteiger partial charge in [0, 0.05) is 12.7 Å². The second kappa shape index (κ2) is 7.51. The molecule has 21 heavy (non-hydrogen) atoms. The Morgan fingerprint density at radius 3 is 2.62 bits per heavy atom. The summed E-state index contributed by atoms with van der Waals surface area (Å²) in [6.07, 6.45) is 2.74. The van der Waals surface area contributed by atoms with Crippen LogP contribution in [-0.4, -0.2) is 27.1 Å². The van der Waals surface area contributed by atoms with Gasteiger partial charge in [-0.25, -0.2) is 12.8 Å². The fourth-order valence-electron chi connectivity index (χ4n) is 1.85. The van der Waals surface area contributed by atoms with Gasteiger partial charge in [-0.15, -0.1) is 0 Å². The van der Waals surface area contributed by atoms with Crippen LogP contribution in [0.15, 0.2) is 23.1 Å². The molecule has 1 atom stereocenters. The van der Waals surface area contributed by atoms with Gasteiger partial charge in [0.1, 0.15) is 5.82 Å². The van der Waals surface area contributed by atoms with Crippen molar-refractivity contribution in [2.24, 2.45) is 11.7 Å². The van der Waals surface area contributed by atoms with Gasteiger partial charge in [0.15, 0.2) is 9.84 Å². The predicted octanol–water partition coefficient (Wildman–Crippen LogP) is 1.93. The standard InChI is InChI=1S/C14H21FN2O3S/c1-10(7-8-16)3-6-14(18)17-13-9-11(21(2,19)20)4-5-12(13)15/h4-5,9-10H,3,6-8,16H2,1-2H3,(H,17,18). The molecule has 0 heterocycles. The number of nitrogens with one attached hydrogen (secondary N) is 1. The number of carbonyl (C=O) groups is 1. The first-order valence-corrected chi connectivity index (χ1v) is 8.62. The summed E-state index contributed by atoms with van der Waals surface area (Å²) in [6.45, 7) is 2.55. The molecular formula is C14H21FN2O3S. The van der Waals surface area contributed by atoms with Crippen molar-refractivity contribution in [2.45, 2.75) is 31.1 Å². The van der Waals surface area contributed by atoms with Crippen LogP contribution in [0, 0.1) is 11.7 Å². The van der Waals surface area contributed by atoms with E-state index < -0.39 is 15.7 Å². The molecule has 0 radical (unpaired) electrons. The number of carbonyl (C=O) groups excluding carboxylic acids is 1. The zero-order chi connectivity index (χ0) is 16.0. The van der Waals surface area contributed by atoms with Crippen molar-refractivity contribution in [3.8, 4) is 0 Å². The fraction of sp³-hybridized carbons (Fsp3) is 0.500. The van der Waals surface area contributed by atoms with Crippen LogP contribution in [0.2, 0.25) is 0 Å². The summed E-state index contributed by atoms with van der Waals surface area (Å²) in [6, 6.07) is 3.33. The summed E-state index contributed by atoms with van der Waals surface area (Å²) in [5.41, 5.74) is 5.31. The van der Waals surface area contributed by atoms with Crippen LogP contribution in [-0.2, 0) is 14.6 Å². The van der Waals surface area contributed by atoms with E-state index in [9.17, 15) is 17.6 Å². The quantitative estimate of drug-likeness (QED) is 0.752. The van der Waals surface area contributed by atoms with E-state index in [4.69, 9.17) is 5.73 Å². The minimum Gasteiger partial charge on any atom is -0.330 e. The zero-order valence-electron chi connectivity index (χ0n) is 12.2. The van der Waals surface area contributed by atoms with Crippen molar-refractivity contribution in [1.29, 1.82) is 0 Å². The number of hydrogen-bond acceptors (Lipinski definition) is 4. The minimum absolute atomic E-state index is 0.0318. The van der Waals surface area contributed by atoms with Gasteiger partial charge in [0.2, 0.25) is 5.91 Å². The Morgan fingerprint density at radius 1 is 1.38 bits per heavy atom. The number of nitrogens with two attached hydrogens (primary N) is 1. The molecule has 0 spiro atoms. The third-order valence-corrected chi connectivity index (χ3v) is 4.27. The lowest BCUT2D eigenvalue weighted by atomic mass is 10.0. The molecule has 7 heteroatoms. The highest BCUT2D eigenvalue weighted by molar-refractivity contribution is 7.90. The van der Waals surface area contributed by atoms with Gasteiger partial charge in [-0.1, -0.05) is 6.92 Å². The van der Waals surface area contributed by atoms with Crippen LogP contribution in [0.5, 0.6) is 0 Å². The van der Waals surface area contributed by atoms with Crippen LogP contribution in [0.4, 0.5) is 10.1 Å². The van der Waals surface area contributed by atoms with Crippen LogP contribution < -0.4 is 11.1 Å². The van der Waals surface area contributed by atoms with E-state index in [1.54, 1.807) is 0 Å². The largest absolute Gasteiger partial charge is 0.330 e. The summed E-state index contributed by atoms with van der Waals surface area (Å²) < 4.78 is 36.5. The highest BCUT2D eigenvalue weighted by atomic mass is 32.2. The zero-order valence-corrected chi connectivity index (χ0v) is 13.0. The Morgan fingerprint density at radius 2 is 2.05 bits per heavy atom. The Kier molecular flexibility index (Phi) is 6.29. The van der Waals surface area contributed by atoms with E-state index in [1.807, 2.05) is 6.92 Å². The predicted molar refractivity (Wildman–Crippen MR) is 80.2 cm³/mol. The molecule has 1 aromatic rings. The maximum absolute atomic E-state index is 13.6. The van der Waals surface area contributed by atoms with Crippen molar-refractivity contribution in [3.63, 3.8) is 0 Å². The van der Waals surface area contributed by atoms with E-state index in [1.165, 1.54) is 6.07 Å². The van der Waals surface area contributed by atoms with E-state index in [-0.39, 0.29) is 22.9 Å². The second-order valence-corrected chi connectivity index (χ2v) is 7.20. The molecule has 1 unspecified atom stereocenters. The molecule has 118 valence electrons. The average Bonchev–Trinajstić information content (AvgIpc) is 2.38. The maximum atomic E-state index is 13.6. The van der Waals surface area contributed by atoms with E-state index >= 15 is 0 Å². The Bertz CT molecular complexity index is 602. The lowest BCUT2D eigenvalue weighted by molar-refractivity contribution is -0.116. The minimum atomic E-state index is -3.44. The molecule has 0 aromatic heterocycles. The summed E-state index contributed by atoms with van der Waals surface area (Å²) in [7, 11) is -3.44. The van der Waals surface area contributed by atoms with Crippen molar-refractivity contribution in [1.82, 2.24) is 0 Å². The lowest BCUT2D eigenvalue weighted by Gasteiger charge is -2.11.